The summed E-state index contributed by atoms with van der Waals surface area (Å²) >= 11 is 6.06. The molecule has 0 aliphatic carbocycles. The molecule has 0 aliphatic heterocycles. The number of aliphatic imine (C=N–C) groups is 1. The van der Waals surface area contributed by atoms with Gasteiger partial charge in [-0.05, 0) is 25.0 Å². The molecule has 0 bridgehead atoms. The number of para-hydroxylation sites is 1. The first-order valence-electron chi connectivity index (χ1n) is 6.62. The Morgan fingerprint density at radius 1 is 1.42 bits per heavy atom. The molecule has 106 valence electrons. The quantitative estimate of drug-likeness (QED) is 0.597. The van der Waals surface area contributed by atoms with Crippen LogP contribution in [0.1, 0.15) is 26.7 Å². The lowest BCUT2D eigenvalue weighted by molar-refractivity contribution is 0.206. The molecule has 0 saturated heterocycles. The van der Waals surface area contributed by atoms with Crippen LogP contribution in [0, 0.1) is 0 Å². The van der Waals surface area contributed by atoms with E-state index in [0.29, 0.717) is 23.3 Å². The number of hydrogen-bond donors (Lipinski definition) is 2. The van der Waals surface area contributed by atoms with Gasteiger partial charge in [-0.1, -0.05) is 37.6 Å². The first kappa shape index (κ1) is 15.6. The van der Waals surface area contributed by atoms with E-state index in [1.54, 1.807) is 0 Å². The van der Waals surface area contributed by atoms with Crippen molar-refractivity contribution in [2.45, 2.75) is 32.8 Å². The van der Waals surface area contributed by atoms with Gasteiger partial charge in [0.25, 0.3) is 0 Å². The molecule has 1 unspecified atom stereocenters. The minimum absolute atomic E-state index is 0.0260. The number of benzene rings is 1. The van der Waals surface area contributed by atoms with Crippen LogP contribution in [-0.4, -0.2) is 25.2 Å². The second-order valence-electron chi connectivity index (χ2n) is 4.23. The molecule has 1 aromatic rings. The zero-order valence-electron chi connectivity index (χ0n) is 11.5. The molecule has 0 heterocycles. The summed E-state index contributed by atoms with van der Waals surface area (Å²) in [6.45, 7) is 5.48. The molecule has 0 aliphatic rings. The standard InChI is InChI=1S/C14H22ClN3O/c1-3-9-17-14(16)18-10-11(4-2)19-13-8-6-5-7-12(13)15/h5-8,11H,3-4,9-10H2,1-2H3,(H3,16,17,18). The van der Waals surface area contributed by atoms with E-state index in [2.05, 4.69) is 17.2 Å². The van der Waals surface area contributed by atoms with Crippen LogP contribution < -0.4 is 15.8 Å². The highest BCUT2D eigenvalue weighted by atomic mass is 35.5. The van der Waals surface area contributed by atoms with Crippen molar-refractivity contribution in [3.05, 3.63) is 29.3 Å². The molecule has 1 aromatic carbocycles. The van der Waals surface area contributed by atoms with Crippen molar-refractivity contribution in [1.82, 2.24) is 5.32 Å². The van der Waals surface area contributed by atoms with E-state index in [-0.39, 0.29) is 6.10 Å². The fourth-order valence-electron chi connectivity index (χ4n) is 1.48. The molecule has 19 heavy (non-hydrogen) atoms. The number of hydrogen-bond acceptors (Lipinski definition) is 2. The third-order valence-corrected chi connectivity index (χ3v) is 2.92. The van der Waals surface area contributed by atoms with Gasteiger partial charge < -0.3 is 15.8 Å². The van der Waals surface area contributed by atoms with Gasteiger partial charge in [0, 0.05) is 6.54 Å². The minimum atomic E-state index is -0.0260. The molecule has 4 nitrogen and oxygen atoms in total. The van der Waals surface area contributed by atoms with Crippen molar-refractivity contribution in [2.75, 3.05) is 13.1 Å². The highest BCUT2D eigenvalue weighted by molar-refractivity contribution is 6.32. The first-order chi connectivity index (χ1) is 9.17. The fourth-order valence-corrected chi connectivity index (χ4v) is 1.66. The topological polar surface area (TPSA) is 59.6 Å². The Hall–Kier alpha value is -1.42. The lowest BCUT2D eigenvalue weighted by Crippen LogP contribution is -2.33. The summed E-state index contributed by atoms with van der Waals surface area (Å²) < 4.78 is 5.83. The van der Waals surface area contributed by atoms with E-state index >= 15 is 0 Å². The van der Waals surface area contributed by atoms with Crippen molar-refractivity contribution in [2.24, 2.45) is 10.7 Å². The summed E-state index contributed by atoms with van der Waals surface area (Å²) in [5, 5.41) is 3.65. The SMILES string of the molecule is CCCNC(N)=NCC(CC)Oc1ccccc1Cl. The second-order valence-corrected chi connectivity index (χ2v) is 4.64. The van der Waals surface area contributed by atoms with Gasteiger partial charge in [0.05, 0.1) is 11.6 Å². The molecular weight excluding hydrogens is 262 g/mol. The summed E-state index contributed by atoms with van der Waals surface area (Å²) in [6.07, 6.45) is 1.83. The normalized spacial score (nSPS) is 13.1. The zero-order chi connectivity index (χ0) is 14.1. The predicted octanol–water partition coefficient (Wildman–Crippen LogP) is 2.81. The fraction of sp³-hybridized carbons (Fsp3) is 0.500. The summed E-state index contributed by atoms with van der Waals surface area (Å²) in [7, 11) is 0. The lowest BCUT2D eigenvalue weighted by atomic mass is 10.2. The van der Waals surface area contributed by atoms with Crippen LogP contribution >= 0.6 is 11.6 Å². The largest absolute Gasteiger partial charge is 0.487 e. The molecular formula is C14H22ClN3O. The molecule has 0 aromatic heterocycles. The van der Waals surface area contributed by atoms with E-state index < -0.39 is 0 Å². The van der Waals surface area contributed by atoms with Gasteiger partial charge in [0.2, 0.25) is 0 Å². The van der Waals surface area contributed by atoms with Gasteiger partial charge in [0.1, 0.15) is 11.9 Å². The molecule has 5 heteroatoms. The average Bonchev–Trinajstić information content (AvgIpc) is 2.43. The Labute approximate surface area is 120 Å². The smallest absolute Gasteiger partial charge is 0.188 e. The van der Waals surface area contributed by atoms with Crippen LogP contribution in [0.4, 0.5) is 0 Å². The van der Waals surface area contributed by atoms with Gasteiger partial charge in [0.15, 0.2) is 5.96 Å². The molecule has 1 atom stereocenters. The zero-order valence-corrected chi connectivity index (χ0v) is 12.3. The molecule has 0 radical (unpaired) electrons. The Morgan fingerprint density at radius 3 is 2.79 bits per heavy atom. The molecule has 3 N–H and O–H groups in total. The second kappa shape index (κ2) is 8.64. The van der Waals surface area contributed by atoms with E-state index in [9.17, 15) is 0 Å². The number of nitrogens with zero attached hydrogens (tertiary/aromatic N) is 1. The van der Waals surface area contributed by atoms with Gasteiger partial charge in [-0.25, -0.2) is 4.99 Å². The van der Waals surface area contributed by atoms with Crippen molar-refractivity contribution in [1.29, 1.82) is 0 Å². The lowest BCUT2D eigenvalue weighted by Gasteiger charge is -2.17. The van der Waals surface area contributed by atoms with Crippen LogP contribution in [0.2, 0.25) is 5.02 Å². The van der Waals surface area contributed by atoms with E-state index in [1.807, 2.05) is 31.2 Å². The number of halogens is 1. The maximum atomic E-state index is 6.06. The van der Waals surface area contributed by atoms with Crippen molar-refractivity contribution in [3.8, 4) is 5.75 Å². The molecule has 0 spiro atoms. The molecule has 0 amide bonds. The molecule has 0 saturated carbocycles. The summed E-state index contributed by atoms with van der Waals surface area (Å²) in [5.74, 6) is 1.15. The average molecular weight is 284 g/mol. The van der Waals surface area contributed by atoms with Crippen LogP contribution in [0.3, 0.4) is 0 Å². The number of nitrogens with one attached hydrogen (secondary N) is 1. The number of ether oxygens (including phenoxy) is 1. The number of nitrogens with two attached hydrogens (primary N) is 1. The van der Waals surface area contributed by atoms with E-state index in [4.69, 9.17) is 22.1 Å². The monoisotopic (exact) mass is 283 g/mol. The Morgan fingerprint density at radius 2 is 2.16 bits per heavy atom. The van der Waals surface area contributed by atoms with Crippen molar-refractivity contribution in [3.63, 3.8) is 0 Å². The highest BCUT2D eigenvalue weighted by Gasteiger charge is 2.09. The summed E-state index contributed by atoms with van der Waals surface area (Å²) in [5.41, 5.74) is 5.74. The van der Waals surface area contributed by atoms with Gasteiger partial charge in [-0.2, -0.15) is 0 Å². The molecule has 1 rings (SSSR count). The third-order valence-electron chi connectivity index (χ3n) is 2.61. The van der Waals surface area contributed by atoms with Crippen molar-refractivity contribution < 1.29 is 4.74 Å². The molecule has 0 fully saturated rings. The summed E-state index contributed by atoms with van der Waals surface area (Å²) in [4.78, 5) is 4.27. The van der Waals surface area contributed by atoms with Gasteiger partial charge in [-0.15, -0.1) is 0 Å². The third kappa shape index (κ3) is 5.83. The van der Waals surface area contributed by atoms with E-state index in [1.165, 1.54) is 0 Å². The van der Waals surface area contributed by atoms with Crippen LogP contribution in [0.5, 0.6) is 5.75 Å². The van der Waals surface area contributed by atoms with Crippen LogP contribution in [0.15, 0.2) is 29.3 Å². The summed E-state index contributed by atoms with van der Waals surface area (Å²) in [6, 6.07) is 7.44. The maximum Gasteiger partial charge on any atom is 0.188 e. The van der Waals surface area contributed by atoms with Crippen LogP contribution in [0.25, 0.3) is 0 Å². The Bertz CT molecular complexity index is 409. The predicted molar refractivity (Wildman–Crippen MR) is 80.9 cm³/mol. The Kier molecular flexibility index (Phi) is 7.11. The minimum Gasteiger partial charge on any atom is -0.487 e. The number of guanidine groups is 1. The Balaban J connectivity index is 2.52. The first-order valence-corrected chi connectivity index (χ1v) is 7.00. The van der Waals surface area contributed by atoms with Gasteiger partial charge >= 0.3 is 0 Å². The highest BCUT2D eigenvalue weighted by Crippen LogP contribution is 2.24. The van der Waals surface area contributed by atoms with Crippen LogP contribution in [-0.2, 0) is 0 Å². The van der Waals surface area contributed by atoms with Crippen molar-refractivity contribution >= 4 is 17.6 Å². The maximum absolute atomic E-state index is 6.06. The van der Waals surface area contributed by atoms with E-state index in [0.717, 1.165) is 19.4 Å². The number of rotatable bonds is 7. The van der Waals surface area contributed by atoms with Gasteiger partial charge in [-0.3, -0.25) is 0 Å².